The maximum absolute atomic E-state index is 13.4. The first-order chi connectivity index (χ1) is 10.5. The minimum atomic E-state index is -0.947. The smallest absolute Gasteiger partial charge is 0.333 e. The fourth-order valence-electron chi connectivity index (χ4n) is 2.03. The van der Waals surface area contributed by atoms with Crippen LogP contribution in [0.4, 0.5) is 4.39 Å². The predicted octanol–water partition coefficient (Wildman–Crippen LogP) is 2.77. The number of esters is 1. The average Bonchev–Trinajstić information content (AvgIpc) is 3.00. The maximum Gasteiger partial charge on any atom is 0.333 e. The Hall–Kier alpha value is -2.21. The van der Waals surface area contributed by atoms with Crippen molar-refractivity contribution in [2.24, 2.45) is 0 Å². The minimum absolute atomic E-state index is 0.186. The molecule has 1 atom stereocenters. The zero-order valence-electron chi connectivity index (χ0n) is 12.3. The molecule has 22 heavy (non-hydrogen) atoms. The number of ether oxygens (including phenoxy) is 1. The minimum Gasteiger partial charge on any atom is -0.467 e. The Balaban J connectivity index is 2.17. The van der Waals surface area contributed by atoms with Crippen LogP contribution < -0.4 is 5.32 Å². The van der Waals surface area contributed by atoms with E-state index in [1.54, 1.807) is 6.92 Å². The van der Waals surface area contributed by atoms with Gasteiger partial charge in [-0.2, -0.15) is 0 Å². The molecule has 6 heteroatoms. The molecule has 0 aliphatic rings. The zero-order chi connectivity index (χ0) is 16.1. The molecule has 116 valence electrons. The van der Waals surface area contributed by atoms with Crippen LogP contribution >= 0.6 is 11.3 Å². The second-order valence-electron chi connectivity index (χ2n) is 4.79. The van der Waals surface area contributed by atoms with Gasteiger partial charge in [0.2, 0.25) is 5.91 Å². The predicted molar refractivity (Wildman–Crippen MR) is 82.1 cm³/mol. The highest BCUT2D eigenvalue weighted by Gasteiger charge is 2.24. The second kappa shape index (κ2) is 7.17. The summed E-state index contributed by atoms with van der Waals surface area (Å²) in [6, 6.07) is 7.02. The Morgan fingerprint density at radius 1 is 1.36 bits per heavy atom. The van der Waals surface area contributed by atoms with Crippen molar-refractivity contribution in [3.63, 3.8) is 0 Å². The number of benzene rings is 1. The van der Waals surface area contributed by atoms with Crippen molar-refractivity contribution in [2.75, 3.05) is 7.11 Å². The van der Waals surface area contributed by atoms with E-state index in [0.29, 0.717) is 11.1 Å². The molecule has 1 aromatic carbocycles. The van der Waals surface area contributed by atoms with Crippen molar-refractivity contribution >= 4 is 23.2 Å². The lowest BCUT2D eigenvalue weighted by atomic mass is 10.0. The van der Waals surface area contributed by atoms with Crippen LogP contribution in [0.25, 0.3) is 0 Å². The van der Waals surface area contributed by atoms with Gasteiger partial charge in [0.25, 0.3) is 0 Å². The maximum atomic E-state index is 13.4. The highest BCUT2D eigenvalue weighted by atomic mass is 32.1. The number of methoxy groups -OCH3 is 1. The second-order valence-corrected chi connectivity index (χ2v) is 5.82. The number of amides is 1. The molecule has 1 aromatic heterocycles. The van der Waals surface area contributed by atoms with Gasteiger partial charge < -0.3 is 10.1 Å². The first-order valence-corrected chi connectivity index (χ1v) is 7.55. The molecule has 0 aliphatic heterocycles. The Morgan fingerprint density at radius 3 is 2.73 bits per heavy atom. The molecular formula is C16H16FNO3S. The lowest BCUT2D eigenvalue weighted by Crippen LogP contribution is -2.35. The van der Waals surface area contributed by atoms with Crippen LogP contribution in [0.5, 0.6) is 0 Å². The summed E-state index contributed by atoms with van der Waals surface area (Å²) >= 11 is 1.47. The molecule has 0 saturated carbocycles. The monoisotopic (exact) mass is 321 g/mol. The van der Waals surface area contributed by atoms with E-state index < -0.39 is 12.0 Å². The first kappa shape index (κ1) is 16.2. The number of aryl methyl sites for hydroxylation is 1. The lowest BCUT2D eigenvalue weighted by Gasteiger charge is -2.17. The van der Waals surface area contributed by atoms with Gasteiger partial charge in [0.1, 0.15) is 5.82 Å². The van der Waals surface area contributed by atoms with Gasteiger partial charge in [-0.1, -0.05) is 18.2 Å². The van der Waals surface area contributed by atoms with E-state index in [-0.39, 0.29) is 18.1 Å². The topological polar surface area (TPSA) is 55.4 Å². The number of hydrogen-bond donors (Lipinski definition) is 1. The van der Waals surface area contributed by atoms with E-state index in [1.165, 1.54) is 36.6 Å². The van der Waals surface area contributed by atoms with Crippen molar-refractivity contribution in [3.8, 4) is 0 Å². The summed E-state index contributed by atoms with van der Waals surface area (Å²) in [4.78, 5) is 24.9. The van der Waals surface area contributed by atoms with Gasteiger partial charge in [0.05, 0.1) is 13.5 Å². The number of hydrogen-bond acceptors (Lipinski definition) is 4. The van der Waals surface area contributed by atoms with Crippen molar-refractivity contribution in [3.05, 3.63) is 57.5 Å². The molecule has 0 spiro atoms. The van der Waals surface area contributed by atoms with E-state index >= 15 is 0 Å². The first-order valence-electron chi connectivity index (χ1n) is 6.67. The number of nitrogens with one attached hydrogen (secondary N) is 1. The van der Waals surface area contributed by atoms with Crippen molar-refractivity contribution in [1.82, 2.24) is 5.32 Å². The molecule has 1 unspecified atom stereocenters. The van der Waals surface area contributed by atoms with E-state index in [2.05, 4.69) is 5.32 Å². The molecule has 0 aliphatic carbocycles. The number of halogens is 1. The third kappa shape index (κ3) is 3.92. The highest BCUT2D eigenvalue weighted by Crippen LogP contribution is 2.19. The highest BCUT2D eigenvalue weighted by molar-refractivity contribution is 7.10. The molecule has 1 heterocycles. The van der Waals surface area contributed by atoms with Crippen LogP contribution in [0, 0.1) is 12.7 Å². The van der Waals surface area contributed by atoms with Crippen molar-refractivity contribution in [1.29, 1.82) is 0 Å². The summed E-state index contributed by atoms with van der Waals surface area (Å²) in [6.45, 7) is 1.60. The molecule has 4 nitrogen and oxygen atoms in total. The molecule has 0 radical (unpaired) electrons. The summed E-state index contributed by atoms with van der Waals surface area (Å²) in [5, 5.41) is 4.52. The fraction of sp³-hybridized carbons (Fsp3) is 0.250. The molecular weight excluding hydrogens is 305 g/mol. The summed E-state index contributed by atoms with van der Waals surface area (Å²) in [5.74, 6) is -1.25. The third-order valence-electron chi connectivity index (χ3n) is 3.17. The van der Waals surface area contributed by atoms with Crippen LogP contribution in [0.2, 0.25) is 0 Å². The normalized spacial score (nSPS) is 11.8. The number of carbonyl (C=O) groups excluding carboxylic acids is 2. The van der Waals surface area contributed by atoms with Crippen molar-refractivity contribution in [2.45, 2.75) is 19.4 Å². The van der Waals surface area contributed by atoms with Gasteiger partial charge in [-0.05, 0) is 35.6 Å². The summed E-state index contributed by atoms with van der Waals surface area (Å²) < 4.78 is 18.1. The van der Waals surface area contributed by atoms with Crippen molar-refractivity contribution < 1.29 is 18.7 Å². The van der Waals surface area contributed by atoms with E-state index in [1.807, 2.05) is 17.5 Å². The molecule has 1 amide bonds. The van der Waals surface area contributed by atoms with Crippen LogP contribution in [-0.4, -0.2) is 19.0 Å². The summed E-state index contributed by atoms with van der Waals surface area (Å²) in [5.41, 5.74) is 0.893. The largest absolute Gasteiger partial charge is 0.467 e. The average molecular weight is 321 g/mol. The Labute approximate surface area is 131 Å². The number of carbonyl (C=O) groups is 2. The van der Waals surface area contributed by atoms with Gasteiger partial charge in [0.15, 0.2) is 6.04 Å². The van der Waals surface area contributed by atoms with Crippen LogP contribution in [-0.2, 0) is 20.7 Å². The summed E-state index contributed by atoms with van der Waals surface area (Å²) in [6.07, 6.45) is 0.186. The van der Waals surface area contributed by atoms with E-state index in [4.69, 9.17) is 4.74 Å². The molecule has 0 bridgehead atoms. The van der Waals surface area contributed by atoms with E-state index in [9.17, 15) is 14.0 Å². The van der Waals surface area contributed by atoms with Crippen LogP contribution in [0.1, 0.15) is 22.0 Å². The standard InChI is InChI=1S/C16H16FNO3S/c1-10-8-11(5-6-13(10)17)15(16(20)21-2)18-14(19)9-12-4-3-7-22-12/h3-8,15H,9H2,1-2H3,(H,18,19). The number of rotatable bonds is 5. The Bertz CT molecular complexity index is 670. The molecule has 1 N–H and O–H groups in total. The van der Waals surface area contributed by atoms with Gasteiger partial charge in [-0.25, -0.2) is 9.18 Å². The zero-order valence-corrected chi connectivity index (χ0v) is 13.1. The molecule has 0 fully saturated rings. The number of thiophene rings is 1. The fourth-order valence-corrected chi connectivity index (χ4v) is 2.73. The Morgan fingerprint density at radius 2 is 2.14 bits per heavy atom. The summed E-state index contributed by atoms with van der Waals surface area (Å²) in [7, 11) is 1.25. The SMILES string of the molecule is COC(=O)C(NC(=O)Cc1cccs1)c1ccc(F)c(C)c1. The van der Waals surface area contributed by atoms with Crippen LogP contribution in [0.3, 0.4) is 0 Å². The quantitative estimate of drug-likeness (QED) is 0.862. The van der Waals surface area contributed by atoms with Gasteiger partial charge >= 0.3 is 5.97 Å². The third-order valence-corrected chi connectivity index (χ3v) is 4.05. The molecule has 0 saturated heterocycles. The van der Waals surface area contributed by atoms with Gasteiger partial charge in [0, 0.05) is 4.88 Å². The Kier molecular flexibility index (Phi) is 5.27. The van der Waals surface area contributed by atoms with Gasteiger partial charge in [-0.3, -0.25) is 4.79 Å². The van der Waals surface area contributed by atoms with Crippen LogP contribution in [0.15, 0.2) is 35.7 Å². The van der Waals surface area contributed by atoms with E-state index in [0.717, 1.165) is 4.88 Å². The molecule has 2 rings (SSSR count). The lowest BCUT2D eigenvalue weighted by molar-refractivity contribution is -0.145. The molecule has 2 aromatic rings. The van der Waals surface area contributed by atoms with Gasteiger partial charge in [-0.15, -0.1) is 11.3 Å².